The monoisotopic (exact) mass is 469 g/mol. The molecular formula is C31H33O4. The van der Waals surface area contributed by atoms with E-state index in [1.54, 1.807) is 24.3 Å². The molecule has 0 unspecified atom stereocenters. The minimum absolute atomic E-state index is 0.153. The molecule has 3 aromatic rings. The van der Waals surface area contributed by atoms with Crippen molar-refractivity contribution in [1.29, 1.82) is 0 Å². The molecule has 4 heteroatoms. The van der Waals surface area contributed by atoms with Gasteiger partial charge in [-0.1, -0.05) is 69.0 Å². The lowest BCUT2D eigenvalue weighted by molar-refractivity contribution is 0.0734. The van der Waals surface area contributed by atoms with Gasteiger partial charge in [-0.2, -0.15) is 0 Å². The van der Waals surface area contributed by atoms with Crippen LogP contribution in [0.3, 0.4) is 0 Å². The molecule has 0 aliphatic heterocycles. The van der Waals surface area contributed by atoms with E-state index in [1.807, 2.05) is 24.3 Å². The van der Waals surface area contributed by atoms with E-state index in [1.165, 1.54) is 75.1 Å². The van der Waals surface area contributed by atoms with Gasteiger partial charge in [0.05, 0.1) is 11.1 Å². The molecule has 4 nitrogen and oxygen atoms in total. The summed E-state index contributed by atoms with van der Waals surface area (Å²) in [6.45, 7) is 2.25. The van der Waals surface area contributed by atoms with Crippen molar-refractivity contribution in [2.75, 3.05) is 0 Å². The predicted octanol–water partition coefficient (Wildman–Crippen LogP) is 7.50. The Morgan fingerprint density at radius 2 is 1.63 bits per heavy atom. The predicted molar refractivity (Wildman–Crippen MR) is 137 cm³/mol. The Balaban J connectivity index is 1.33. The summed E-state index contributed by atoms with van der Waals surface area (Å²) in [6, 6.07) is 21.4. The van der Waals surface area contributed by atoms with Crippen LogP contribution in [0.4, 0.5) is 0 Å². The average Bonchev–Trinajstić information content (AvgIpc) is 2.89. The Labute approximate surface area is 208 Å². The van der Waals surface area contributed by atoms with Gasteiger partial charge in [0.25, 0.3) is 0 Å². The maximum atomic E-state index is 12.6. The molecule has 0 bridgehead atoms. The van der Waals surface area contributed by atoms with Crippen molar-refractivity contribution in [2.45, 2.75) is 64.2 Å². The molecule has 1 aliphatic carbocycles. The van der Waals surface area contributed by atoms with E-state index in [9.17, 15) is 14.7 Å². The molecule has 1 N–H and O–H groups in total. The first kappa shape index (κ1) is 24.7. The first-order valence-electron chi connectivity index (χ1n) is 12.7. The van der Waals surface area contributed by atoms with E-state index in [-0.39, 0.29) is 22.8 Å². The van der Waals surface area contributed by atoms with Crippen LogP contribution < -0.4 is 4.74 Å². The molecule has 0 atom stereocenters. The van der Waals surface area contributed by atoms with Crippen LogP contribution in [0.25, 0.3) is 0 Å². The molecule has 35 heavy (non-hydrogen) atoms. The maximum absolute atomic E-state index is 12.6. The number of carbonyl (C=O) groups excluding carboxylic acids is 2. The molecule has 4 rings (SSSR count). The van der Waals surface area contributed by atoms with Gasteiger partial charge in [-0.3, -0.25) is 4.79 Å². The summed E-state index contributed by atoms with van der Waals surface area (Å²) in [6.07, 6.45) is 10.4. The number of rotatable bonds is 9. The summed E-state index contributed by atoms with van der Waals surface area (Å²) in [5, 5.41) is 10.3. The topological polar surface area (TPSA) is 63.6 Å². The molecule has 0 spiro atoms. The number of esters is 1. The number of benzene rings is 3. The summed E-state index contributed by atoms with van der Waals surface area (Å²) in [5.41, 5.74) is 2.35. The van der Waals surface area contributed by atoms with Crippen LogP contribution in [0.15, 0.2) is 66.7 Å². The van der Waals surface area contributed by atoms with Gasteiger partial charge in [0.1, 0.15) is 11.5 Å². The van der Waals surface area contributed by atoms with E-state index < -0.39 is 5.97 Å². The Hall–Kier alpha value is -3.40. The van der Waals surface area contributed by atoms with Gasteiger partial charge in [0.2, 0.25) is 0 Å². The highest BCUT2D eigenvalue weighted by molar-refractivity contribution is 6.10. The van der Waals surface area contributed by atoms with Crippen LogP contribution in [0.2, 0.25) is 0 Å². The van der Waals surface area contributed by atoms with Crippen LogP contribution in [-0.2, 0) is 0 Å². The number of hydrogen-bond acceptors (Lipinski definition) is 4. The van der Waals surface area contributed by atoms with Gasteiger partial charge in [0, 0.05) is 11.6 Å². The smallest absolute Gasteiger partial charge is 0.343 e. The molecule has 0 aromatic heterocycles. The highest BCUT2D eigenvalue weighted by atomic mass is 16.5. The van der Waals surface area contributed by atoms with Gasteiger partial charge in [-0.25, -0.2) is 4.79 Å². The van der Waals surface area contributed by atoms with E-state index in [0.717, 1.165) is 5.92 Å². The Morgan fingerprint density at radius 1 is 0.914 bits per heavy atom. The standard InChI is InChI=1S/C31H33O4/c1-2-3-5-8-22-11-13-23(14-12-22)24-15-17-26(18-16-24)31(34)35-27-19-20-28(29(32)21-27)30(33)25-9-6-4-7-10-25/h6-7,9-10,15-23,32H,2-3,5,8,11-14H2,1H3. The fourth-order valence-electron chi connectivity index (χ4n) is 4.99. The van der Waals surface area contributed by atoms with Crippen LogP contribution in [0.5, 0.6) is 11.5 Å². The van der Waals surface area contributed by atoms with E-state index in [0.29, 0.717) is 17.0 Å². The Kier molecular flexibility index (Phi) is 8.36. The summed E-state index contributed by atoms with van der Waals surface area (Å²) in [5.74, 6) is 0.598. The third-order valence-corrected chi connectivity index (χ3v) is 7.09. The second kappa shape index (κ2) is 11.8. The van der Waals surface area contributed by atoms with Crippen LogP contribution in [-0.4, -0.2) is 16.9 Å². The average molecular weight is 470 g/mol. The molecular weight excluding hydrogens is 436 g/mol. The minimum atomic E-state index is -0.492. The highest BCUT2D eigenvalue weighted by Crippen LogP contribution is 2.38. The number of aromatic hydroxyl groups is 1. The van der Waals surface area contributed by atoms with E-state index in [4.69, 9.17) is 4.74 Å². The quantitative estimate of drug-likeness (QED) is 0.153. The van der Waals surface area contributed by atoms with Gasteiger partial charge < -0.3 is 9.84 Å². The van der Waals surface area contributed by atoms with Crippen molar-refractivity contribution in [1.82, 2.24) is 0 Å². The first-order chi connectivity index (χ1) is 17.0. The lowest BCUT2D eigenvalue weighted by Crippen LogP contribution is -2.14. The molecule has 3 aromatic carbocycles. The number of ketones is 1. The third kappa shape index (κ3) is 6.39. The molecule has 1 aliphatic rings. The molecule has 1 radical (unpaired) electrons. The maximum Gasteiger partial charge on any atom is 0.343 e. The normalized spacial score (nSPS) is 17.6. The second-order valence-corrected chi connectivity index (χ2v) is 9.52. The lowest BCUT2D eigenvalue weighted by atomic mass is 9.77. The second-order valence-electron chi connectivity index (χ2n) is 9.52. The number of phenols is 1. The summed E-state index contributed by atoms with van der Waals surface area (Å²) in [4.78, 5) is 25.2. The van der Waals surface area contributed by atoms with Crippen LogP contribution in [0, 0.1) is 12.0 Å². The van der Waals surface area contributed by atoms with Gasteiger partial charge >= 0.3 is 5.97 Å². The molecule has 181 valence electrons. The number of phenolic OH excluding ortho intramolecular Hbond substituents is 1. The fourth-order valence-corrected chi connectivity index (χ4v) is 4.99. The number of unbranched alkanes of at least 4 members (excludes halogenated alkanes) is 2. The summed E-state index contributed by atoms with van der Waals surface area (Å²) in [7, 11) is 0. The molecule has 0 heterocycles. The SMILES string of the molecule is CCCCCC1CCC(c2ccc(C(=O)Oc3ccc(C(=O)c4cc[c]cc4)c(O)c3)cc2)CC1. The van der Waals surface area contributed by atoms with E-state index in [2.05, 4.69) is 13.0 Å². The Morgan fingerprint density at radius 3 is 2.29 bits per heavy atom. The van der Waals surface area contributed by atoms with Crippen molar-refractivity contribution in [3.63, 3.8) is 0 Å². The summed E-state index contributed by atoms with van der Waals surface area (Å²) < 4.78 is 5.45. The zero-order chi connectivity index (χ0) is 24.6. The molecule has 0 saturated heterocycles. The zero-order valence-electron chi connectivity index (χ0n) is 20.3. The van der Waals surface area contributed by atoms with Crippen molar-refractivity contribution in [3.05, 3.63) is 95.1 Å². The zero-order valence-corrected chi connectivity index (χ0v) is 20.3. The molecule has 0 amide bonds. The largest absolute Gasteiger partial charge is 0.507 e. The fraction of sp³-hybridized carbons (Fsp3) is 0.355. The summed E-state index contributed by atoms with van der Waals surface area (Å²) >= 11 is 0. The van der Waals surface area contributed by atoms with Crippen molar-refractivity contribution in [3.8, 4) is 11.5 Å². The molecule has 1 saturated carbocycles. The van der Waals surface area contributed by atoms with Crippen molar-refractivity contribution in [2.24, 2.45) is 5.92 Å². The van der Waals surface area contributed by atoms with Gasteiger partial charge in [0.15, 0.2) is 5.78 Å². The number of ether oxygens (including phenoxy) is 1. The third-order valence-electron chi connectivity index (χ3n) is 7.09. The minimum Gasteiger partial charge on any atom is -0.507 e. The molecule has 1 fully saturated rings. The van der Waals surface area contributed by atoms with Gasteiger partial charge in [-0.05, 0) is 73.4 Å². The van der Waals surface area contributed by atoms with Crippen LogP contribution >= 0.6 is 0 Å². The first-order valence-corrected chi connectivity index (χ1v) is 12.7. The Bertz CT molecular complexity index is 1130. The van der Waals surface area contributed by atoms with E-state index >= 15 is 0 Å². The van der Waals surface area contributed by atoms with Gasteiger partial charge in [-0.15, -0.1) is 0 Å². The van der Waals surface area contributed by atoms with Crippen molar-refractivity contribution < 1.29 is 19.4 Å². The number of hydrogen-bond donors (Lipinski definition) is 1. The number of carbonyl (C=O) groups is 2. The highest BCUT2D eigenvalue weighted by Gasteiger charge is 2.22. The van der Waals surface area contributed by atoms with Crippen LogP contribution in [0.1, 0.15) is 96.1 Å². The van der Waals surface area contributed by atoms with Crippen molar-refractivity contribution >= 4 is 11.8 Å². The lowest BCUT2D eigenvalue weighted by Gasteiger charge is -2.29.